The van der Waals surface area contributed by atoms with Gasteiger partial charge in [0.2, 0.25) is 5.88 Å². The molecule has 0 aliphatic heterocycles. The van der Waals surface area contributed by atoms with Gasteiger partial charge in [0.25, 0.3) is 0 Å². The van der Waals surface area contributed by atoms with Gasteiger partial charge in [-0.2, -0.15) is 31.6 Å². The third-order valence-electron chi connectivity index (χ3n) is 2.57. The van der Waals surface area contributed by atoms with Crippen molar-refractivity contribution in [1.82, 2.24) is 10.3 Å². The van der Waals surface area contributed by atoms with Crippen molar-refractivity contribution < 1.29 is 41.0 Å². The molecule has 0 fully saturated rings. The molecule has 2 N–H and O–H groups in total. The third kappa shape index (κ3) is 5.49. The van der Waals surface area contributed by atoms with Gasteiger partial charge in [-0.05, 0) is 12.1 Å². The molecule has 1 amide bonds. The third-order valence-corrected chi connectivity index (χ3v) is 2.57. The van der Waals surface area contributed by atoms with Crippen molar-refractivity contribution in [3.05, 3.63) is 23.4 Å². The highest BCUT2D eigenvalue weighted by Gasteiger charge is 2.42. The molecule has 24 heavy (non-hydrogen) atoms. The fraction of sp³-hybridized carbons (Fsp3) is 0.417. The Kier molecular flexibility index (Phi) is 5.83. The number of halogens is 6. The Balaban J connectivity index is 3.08. The number of ether oxygens (including phenoxy) is 1. The summed E-state index contributed by atoms with van der Waals surface area (Å²) in [5.74, 6) is -1.13. The molecular formula is C12H9F6N3O3. The van der Waals surface area contributed by atoms with Gasteiger partial charge in [0.15, 0.2) is 6.10 Å². The highest BCUT2D eigenvalue weighted by molar-refractivity contribution is 5.64. The standard InChI is InChI=1S/C12H9F6N3O3/c13-11(14,15)7-2-1-6(5-19)9(21-7)24-8(12(16,17)18)3-4-20-10(22)23/h1-2,8,20H,3-4H2,(H,22,23). The van der Waals surface area contributed by atoms with E-state index in [1.165, 1.54) is 6.07 Å². The second-order valence-corrected chi connectivity index (χ2v) is 4.33. The van der Waals surface area contributed by atoms with E-state index in [0.29, 0.717) is 12.1 Å². The van der Waals surface area contributed by atoms with Gasteiger partial charge >= 0.3 is 18.4 Å². The van der Waals surface area contributed by atoms with Gasteiger partial charge < -0.3 is 15.2 Å². The lowest BCUT2D eigenvalue weighted by Crippen LogP contribution is -2.38. The summed E-state index contributed by atoms with van der Waals surface area (Å²) in [5, 5.41) is 18.7. The van der Waals surface area contributed by atoms with Gasteiger partial charge in [0.05, 0.1) is 0 Å². The van der Waals surface area contributed by atoms with Crippen molar-refractivity contribution in [2.45, 2.75) is 24.9 Å². The van der Waals surface area contributed by atoms with Crippen LogP contribution in [0.4, 0.5) is 31.1 Å². The highest BCUT2D eigenvalue weighted by atomic mass is 19.4. The average molecular weight is 357 g/mol. The van der Waals surface area contributed by atoms with Crippen molar-refractivity contribution >= 4 is 6.09 Å². The zero-order valence-electron chi connectivity index (χ0n) is 11.6. The molecule has 0 spiro atoms. The molecule has 0 saturated heterocycles. The van der Waals surface area contributed by atoms with Crippen LogP contribution in [0.25, 0.3) is 0 Å². The fourth-order valence-corrected chi connectivity index (χ4v) is 1.51. The summed E-state index contributed by atoms with van der Waals surface area (Å²) in [6.45, 7) is -0.666. The first-order chi connectivity index (χ1) is 10.9. The second-order valence-electron chi connectivity index (χ2n) is 4.33. The van der Waals surface area contributed by atoms with E-state index in [1.54, 1.807) is 5.32 Å². The van der Waals surface area contributed by atoms with E-state index in [-0.39, 0.29) is 0 Å². The summed E-state index contributed by atoms with van der Waals surface area (Å²) >= 11 is 0. The SMILES string of the molecule is N#Cc1ccc(C(F)(F)F)nc1OC(CCNC(=O)O)C(F)(F)F. The predicted octanol–water partition coefficient (Wildman–Crippen LogP) is 2.94. The maximum absolute atomic E-state index is 12.9. The first kappa shape index (κ1) is 19.3. The number of amides is 1. The summed E-state index contributed by atoms with van der Waals surface area (Å²) < 4.78 is 80.7. The van der Waals surface area contributed by atoms with Gasteiger partial charge in [0.1, 0.15) is 17.3 Å². The van der Waals surface area contributed by atoms with Crippen LogP contribution in [0.2, 0.25) is 0 Å². The van der Waals surface area contributed by atoms with Gasteiger partial charge in [-0.15, -0.1) is 0 Å². The van der Waals surface area contributed by atoms with Gasteiger partial charge in [-0.3, -0.25) is 0 Å². The van der Waals surface area contributed by atoms with Crippen LogP contribution in [0, 0.1) is 11.3 Å². The van der Waals surface area contributed by atoms with Crippen molar-refractivity contribution in [3.8, 4) is 11.9 Å². The normalized spacial score (nSPS) is 13.0. The molecule has 0 aliphatic carbocycles. The van der Waals surface area contributed by atoms with E-state index in [1.807, 2.05) is 0 Å². The van der Waals surface area contributed by atoms with Crippen molar-refractivity contribution in [2.75, 3.05) is 6.54 Å². The number of hydrogen-bond donors (Lipinski definition) is 2. The maximum atomic E-state index is 12.9. The van der Waals surface area contributed by atoms with Crippen molar-refractivity contribution in [2.24, 2.45) is 0 Å². The minimum atomic E-state index is -5.01. The summed E-state index contributed by atoms with van der Waals surface area (Å²) in [6, 6.07) is 2.44. The van der Waals surface area contributed by atoms with Crippen LogP contribution >= 0.6 is 0 Å². The molecular weight excluding hydrogens is 348 g/mol. The lowest BCUT2D eigenvalue weighted by molar-refractivity contribution is -0.197. The van der Waals surface area contributed by atoms with E-state index in [2.05, 4.69) is 9.72 Å². The molecule has 0 bridgehead atoms. The van der Waals surface area contributed by atoms with Crippen LogP contribution in [0.15, 0.2) is 12.1 Å². The number of carboxylic acid groups (broad SMARTS) is 1. The lowest BCUT2D eigenvalue weighted by Gasteiger charge is -2.22. The van der Waals surface area contributed by atoms with E-state index in [9.17, 15) is 31.1 Å². The summed E-state index contributed by atoms with van der Waals surface area (Å²) in [5.41, 5.74) is -2.15. The number of nitrogens with one attached hydrogen (secondary N) is 1. The van der Waals surface area contributed by atoms with Crippen LogP contribution in [0.1, 0.15) is 17.7 Å². The van der Waals surface area contributed by atoms with E-state index in [4.69, 9.17) is 10.4 Å². The van der Waals surface area contributed by atoms with Crippen molar-refractivity contribution in [1.29, 1.82) is 5.26 Å². The molecule has 1 heterocycles. The van der Waals surface area contributed by atoms with Crippen LogP contribution in [0.5, 0.6) is 5.88 Å². The van der Waals surface area contributed by atoms with Crippen LogP contribution in [0.3, 0.4) is 0 Å². The molecule has 1 rings (SSSR count). The second kappa shape index (κ2) is 7.24. The van der Waals surface area contributed by atoms with Gasteiger partial charge in [-0.25, -0.2) is 9.78 Å². The van der Waals surface area contributed by atoms with Crippen molar-refractivity contribution in [3.63, 3.8) is 0 Å². The number of nitriles is 1. The Labute approximate surface area is 130 Å². The molecule has 1 aromatic rings. The Morgan fingerprint density at radius 1 is 1.33 bits per heavy atom. The Bertz CT molecular complexity index is 638. The Morgan fingerprint density at radius 2 is 1.96 bits per heavy atom. The molecule has 0 aromatic carbocycles. The monoisotopic (exact) mass is 357 g/mol. The Hall–Kier alpha value is -2.71. The quantitative estimate of drug-likeness (QED) is 0.790. The summed E-state index contributed by atoms with van der Waals surface area (Å²) in [6.07, 6.45) is -15.1. The first-order valence-corrected chi connectivity index (χ1v) is 6.13. The van der Waals surface area contributed by atoms with Crippen LogP contribution in [-0.4, -0.2) is 35.0 Å². The predicted molar refractivity (Wildman–Crippen MR) is 65.1 cm³/mol. The summed E-state index contributed by atoms with van der Waals surface area (Å²) in [4.78, 5) is 13.1. The molecule has 1 unspecified atom stereocenters. The molecule has 0 radical (unpaired) electrons. The molecule has 132 valence electrons. The first-order valence-electron chi connectivity index (χ1n) is 6.13. The number of rotatable bonds is 5. The van der Waals surface area contributed by atoms with E-state index in [0.717, 1.165) is 0 Å². The molecule has 1 atom stereocenters. The van der Waals surface area contributed by atoms with Gasteiger partial charge in [-0.1, -0.05) is 0 Å². The minimum Gasteiger partial charge on any atom is -0.465 e. The fourth-order valence-electron chi connectivity index (χ4n) is 1.51. The zero-order chi connectivity index (χ0) is 18.5. The minimum absolute atomic E-state index is 0.431. The van der Waals surface area contributed by atoms with Gasteiger partial charge in [0, 0.05) is 13.0 Å². The van der Waals surface area contributed by atoms with Crippen LogP contribution < -0.4 is 10.1 Å². The summed E-state index contributed by atoms with van der Waals surface area (Å²) in [7, 11) is 0. The topological polar surface area (TPSA) is 95.2 Å². The smallest absolute Gasteiger partial charge is 0.433 e. The van der Waals surface area contributed by atoms with E-state index >= 15 is 0 Å². The van der Waals surface area contributed by atoms with Crippen LogP contribution in [-0.2, 0) is 6.18 Å². The molecule has 6 nitrogen and oxygen atoms in total. The highest BCUT2D eigenvalue weighted by Crippen LogP contribution is 2.32. The number of aromatic nitrogens is 1. The zero-order valence-corrected chi connectivity index (χ0v) is 11.6. The lowest BCUT2D eigenvalue weighted by atomic mass is 10.2. The number of nitrogens with zero attached hydrogens (tertiary/aromatic N) is 2. The van der Waals surface area contributed by atoms with E-state index < -0.39 is 54.7 Å². The molecule has 0 aliphatic rings. The number of hydrogen-bond acceptors (Lipinski definition) is 4. The number of pyridine rings is 1. The number of carbonyl (C=O) groups is 1. The maximum Gasteiger partial charge on any atom is 0.433 e. The Morgan fingerprint density at radius 3 is 2.42 bits per heavy atom. The number of alkyl halides is 6. The molecule has 12 heteroatoms. The largest absolute Gasteiger partial charge is 0.465 e. The average Bonchev–Trinajstić information content (AvgIpc) is 2.43. The molecule has 0 saturated carbocycles. The molecule has 1 aromatic heterocycles.